The number of hydrogen-bond donors (Lipinski definition) is 0. The molecule has 1 aliphatic rings. The predicted octanol–water partition coefficient (Wildman–Crippen LogP) is 3.54. The van der Waals surface area contributed by atoms with Crippen molar-refractivity contribution < 1.29 is 17.9 Å². The molecule has 0 aromatic heterocycles. The van der Waals surface area contributed by atoms with Gasteiger partial charge in [0.25, 0.3) is 5.91 Å². The Morgan fingerprint density at radius 1 is 1.08 bits per heavy atom. The molecular weight excluding hydrogens is 350 g/mol. The van der Waals surface area contributed by atoms with Crippen LogP contribution in [0.2, 0.25) is 0 Å². The fourth-order valence-corrected chi connectivity index (χ4v) is 3.68. The summed E-state index contributed by atoms with van der Waals surface area (Å²) in [6.45, 7) is 2.06. The number of anilines is 1. The Hall–Kier alpha value is -2.34. The van der Waals surface area contributed by atoms with E-state index in [1.54, 1.807) is 24.1 Å². The van der Waals surface area contributed by atoms with Crippen molar-refractivity contribution in [3.8, 4) is 5.75 Å². The molecule has 138 valence electrons. The third-order valence-corrected chi connectivity index (χ3v) is 5.94. The van der Waals surface area contributed by atoms with E-state index in [9.17, 15) is 13.2 Å². The highest BCUT2D eigenvalue weighted by molar-refractivity contribution is 7.90. The quantitative estimate of drug-likeness (QED) is 0.777. The highest BCUT2D eigenvalue weighted by Crippen LogP contribution is 2.38. The molecule has 0 aliphatic heterocycles. The lowest BCUT2D eigenvalue weighted by Crippen LogP contribution is -2.40. The highest BCUT2D eigenvalue weighted by Gasteiger charge is 2.35. The summed E-state index contributed by atoms with van der Waals surface area (Å²) in [6, 6.07) is 13.6. The molecule has 1 atom stereocenters. The van der Waals surface area contributed by atoms with Crippen LogP contribution in [0, 0.1) is 5.92 Å². The summed E-state index contributed by atoms with van der Waals surface area (Å²) in [5, 5.41) is 0. The van der Waals surface area contributed by atoms with Gasteiger partial charge in [0.15, 0.2) is 9.84 Å². The highest BCUT2D eigenvalue weighted by atomic mass is 32.2. The average molecular weight is 373 g/mol. The summed E-state index contributed by atoms with van der Waals surface area (Å²) in [6.07, 6.45) is 3.39. The van der Waals surface area contributed by atoms with Crippen LogP contribution >= 0.6 is 0 Å². The molecule has 26 heavy (non-hydrogen) atoms. The number of hydrogen-bond acceptors (Lipinski definition) is 4. The minimum atomic E-state index is -3.28. The molecule has 3 rings (SSSR count). The Kier molecular flexibility index (Phi) is 5.05. The number of carbonyl (C=O) groups is 1. The second-order valence-corrected chi connectivity index (χ2v) is 8.76. The Morgan fingerprint density at radius 2 is 1.65 bits per heavy atom. The standard InChI is InChI=1S/C20H23NO4S/c1-14(15-4-5-15)21(17-8-10-18(25-2)11-9-17)20(22)16-6-12-19(13-7-16)26(3,23)24/h6-15H,4-5H2,1-3H3/t14-/m0/s1. The number of benzene rings is 2. The zero-order chi connectivity index (χ0) is 18.9. The lowest BCUT2D eigenvalue weighted by Gasteiger charge is -2.30. The number of amides is 1. The molecule has 1 amide bonds. The van der Waals surface area contributed by atoms with E-state index in [2.05, 4.69) is 6.92 Å². The summed E-state index contributed by atoms with van der Waals surface area (Å²) in [5.74, 6) is 1.10. The molecule has 5 nitrogen and oxygen atoms in total. The smallest absolute Gasteiger partial charge is 0.258 e. The van der Waals surface area contributed by atoms with Crippen LogP contribution in [0.4, 0.5) is 5.69 Å². The normalized spacial score (nSPS) is 15.3. The van der Waals surface area contributed by atoms with E-state index < -0.39 is 9.84 Å². The van der Waals surface area contributed by atoms with Crippen molar-refractivity contribution in [2.45, 2.75) is 30.7 Å². The Morgan fingerprint density at radius 3 is 2.12 bits per heavy atom. The molecule has 6 heteroatoms. The topological polar surface area (TPSA) is 63.7 Å². The van der Waals surface area contributed by atoms with E-state index in [-0.39, 0.29) is 16.8 Å². The van der Waals surface area contributed by atoms with Crippen LogP contribution in [0.5, 0.6) is 5.75 Å². The van der Waals surface area contributed by atoms with Crippen molar-refractivity contribution in [2.24, 2.45) is 5.92 Å². The number of ether oxygens (including phenoxy) is 1. The van der Waals surface area contributed by atoms with Crippen molar-refractivity contribution in [1.82, 2.24) is 0 Å². The number of nitrogens with zero attached hydrogens (tertiary/aromatic N) is 1. The van der Waals surface area contributed by atoms with Crippen molar-refractivity contribution in [2.75, 3.05) is 18.3 Å². The molecule has 0 radical (unpaired) electrons. The molecule has 1 saturated carbocycles. The van der Waals surface area contributed by atoms with Gasteiger partial charge in [-0.25, -0.2) is 8.42 Å². The molecular formula is C20H23NO4S. The molecule has 2 aromatic rings. The van der Waals surface area contributed by atoms with Gasteiger partial charge >= 0.3 is 0 Å². The third kappa shape index (κ3) is 3.90. The first-order valence-electron chi connectivity index (χ1n) is 8.59. The SMILES string of the molecule is COc1ccc(N(C(=O)c2ccc(S(C)(=O)=O)cc2)[C@@H](C)C2CC2)cc1. The van der Waals surface area contributed by atoms with Gasteiger partial charge in [-0.1, -0.05) is 0 Å². The van der Waals surface area contributed by atoms with Crippen molar-refractivity contribution >= 4 is 21.4 Å². The van der Waals surface area contributed by atoms with Gasteiger partial charge in [0.05, 0.1) is 12.0 Å². The van der Waals surface area contributed by atoms with Gasteiger partial charge < -0.3 is 9.64 Å². The predicted molar refractivity (Wildman–Crippen MR) is 102 cm³/mol. The molecule has 0 spiro atoms. The summed E-state index contributed by atoms with van der Waals surface area (Å²) < 4.78 is 28.5. The van der Waals surface area contributed by atoms with E-state index in [4.69, 9.17) is 4.74 Å². The molecule has 2 aromatic carbocycles. The van der Waals surface area contributed by atoms with E-state index in [1.807, 2.05) is 24.3 Å². The van der Waals surface area contributed by atoms with E-state index >= 15 is 0 Å². The van der Waals surface area contributed by atoms with Crippen molar-refractivity contribution in [3.63, 3.8) is 0 Å². The first kappa shape index (κ1) is 18.5. The van der Waals surface area contributed by atoms with E-state index in [1.165, 1.54) is 12.1 Å². The molecule has 0 heterocycles. The summed E-state index contributed by atoms with van der Waals surface area (Å²) in [5.41, 5.74) is 1.28. The lowest BCUT2D eigenvalue weighted by molar-refractivity contribution is 0.0975. The average Bonchev–Trinajstić information content (AvgIpc) is 3.47. The Labute approximate surface area is 154 Å². The maximum absolute atomic E-state index is 13.2. The lowest BCUT2D eigenvalue weighted by atomic mass is 10.1. The second-order valence-electron chi connectivity index (χ2n) is 6.75. The van der Waals surface area contributed by atoms with Gasteiger partial charge in [0.1, 0.15) is 5.75 Å². The second kappa shape index (κ2) is 7.11. The molecule has 0 bridgehead atoms. The first-order chi connectivity index (χ1) is 12.3. The van der Waals surface area contributed by atoms with Gasteiger partial charge in [-0.2, -0.15) is 0 Å². The van der Waals surface area contributed by atoms with E-state index in [0.29, 0.717) is 11.5 Å². The van der Waals surface area contributed by atoms with Gasteiger partial charge in [-0.15, -0.1) is 0 Å². The summed E-state index contributed by atoms with van der Waals surface area (Å²) in [7, 11) is -1.68. The van der Waals surface area contributed by atoms with Crippen molar-refractivity contribution in [3.05, 3.63) is 54.1 Å². The van der Waals surface area contributed by atoms with Crippen LogP contribution in [-0.4, -0.2) is 33.7 Å². The minimum absolute atomic E-state index is 0.0745. The molecule has 0 N–H and O–H groups in total. The third-order valence-electron chi connectivity index (χ3n) is 4.81. The van der Waals surface area contributed by atoms with Gasteiger partial charge in [-0.3, -0.25) is 4.79 Å². The van der Waals surface area contributed by atoms with Crippen molar-refractivity contribution in [1.29, 1.82) is 0 Å². The van der Waals surface area contributed by atoms with Crippen LogP contribution < -0.4 is 9.64 Å². The van der Waals surface area contributed by atoms with E-state index in [0.717, 1.165) is 30.5 Å². The number of rotatable bonds is 6. The maximum Gasteiger partial charge on any atom is 0.258 e. The summed E-state index contributed by atoms with van der Waals surface area (Å²) >= 11 is 0. The fourth-order valence-electron chi connectivity index (χ4n) is 3.05. The Bertz CT molecular complexity index is 884. The fraction of sp³-hybridized carbons (Fsp3) is 0.350. The van der Waals surface area contributed by atoms with Crippen LogP contribution in [0.3, 0.4) is 0 Å². The number of methoxy groups -OCH3 is 1. The monoisotopic (exact) mass is 373 g/mol. The van der Waals surface area contributed by atoms with Gasteiger partial charge in [0, 0.05) is 23.5 Å². The molecule has 0 saturated heterocycles. The van der Waals surface area contributed by atoms with Crippen LogP contribution in [0.25, 0.3) is 0 Å². The molecule has 0 unspecified atom stereocenters. The first-order valence-corrected chi connectivity index (χ1v) is 10.5. The van der Waals surface area contributed by atoms with Crippen LogP contribution in [0.15, 0.2) is 53.4 Å². The van der Waals surface area contributed by atoms with Gasteiger partial charge in [0.2, 0.25) is 0 Å². The minimum Gasteiger partial charge on any atom is -0.497 e. The summed E-state index contributed by atoms with van der Waals surface area (Å²) in [4.78, 5) is 15.2. The number of carbonyl (C=O) groups excluding carboxylic acids is 1. The zero-order valence-electron chi connectivity index (χ0n) is 15.2. The largest absolute Gasteiger partial charge is 0.497 e. The van der Waals surface area contributed by atoms with Crippen LogP contribution in [0.1, 0.15) is 30.1 Å². The van der Waals surface area contributed by atoms with Crippen LogP contribution in [-0.2, 0) is 9.84 Å². The number of sulfone groups is 1. The molecule has 1 aliphatic carbocycles. The Balaban J connectivity index is 1.94. The molecule has 1 fully saturated rings. The zero-order valence-corrected chi connectivity index (χ0v) is 16.0. The maximum atomic E-state index is 13.2. The van der Waals surface area contributed by atoms with Gasteiger partial charge in [-0.05, 0) is 74.2 Å².